The van der Waals surface area contributed by atoms with Crippen LogP contribution in [0.3, 0.4) is 0 Å². The van der Waals surface area contributed by atoms with Gasteiger partial charge in [-0.1, -0.05) is 45.0 Å². The van der Waals surface area contributed by atoms with Gasteiger partial charge in [-0.3, -0.25) is 14.5 Å². The number of nitrogens with zero attached hydrogens (tertiary/aromatic N) is 1. The fourth-order valence-electron chi connectivity index (χ4n) is 3.41. The van der Waals surface area contributed by atoms with Gasteiger partial charge in [-0.15, -0.1) is 0 Å². The van der Waals surface area contributed by atoms with E-state index in [1.54, 1.807) is 46.1 Å². The van der Waals surface area contributed by atoms with Crippen molar-refractivity contribution in [2.45, 2.75) is 33.7 Å². The van der Waals surface area contributed by atoms with E-state index >= 15 is 0 Å². The Balaban J connectivity index is 2.23. The Morgan fingerprint density at radius 3 is 2.39 bits per heavy atom. The number of aliphatic hydroxyl groups excluding tert-OH is 1. The second-order valence-corrected chi connectivity index (χ2v) is 8.03. The maximum Gasteiger partial charge on any atom is 0.294 e. The van der Waals surface area contributed by atoms with Crippen LogP contribution in [0.25, 0.3) is 0 Å². The Hall–Kier alpha value is -3.08. The molecule has 1 atom stereocenters. The molecule has 1 N–H and O–H groups in total. The number of hydrogen-bond acceptors (Lipinski definition) is 4. The summed E-state index contributed by atoms with van der Waals surface area (Å²) in [5, 5.41) is 10.7. The number of ketones is 1. The van der Waals surface area contributed by atoms with Gasteiger partial charge in [0.1, 0.15) is 5.75 Å². The summed E-state index contributed by atoms with van der Waals surface area (Å²) in [6.07, 6.45) is 0. The van der Waals surface area contributed by atoms with Crippen LogP contribution in [-0.4, -0.2) is 23.9 Å². The van der Waals surface area contributed by atoms with Crippen LogP contribution in [0.5, 0.6) is 5.75 Å². The summed E-state index contributed by atoms with van der Waals surface area (Å²) in [7, 11) is 1.56. The van der Waals surface area contributed by atoms with Crippen molar-refractivity contribution in [3.8, 4) is 5.75 Å². The summed E-state index contributed by atoms with van der Waals surface area (Å²) in [5.41, 5.74) is 1.67. The minimum absolute atomic E-state index is 0.118. The van der Waals surface area contributed by atoms with Crippen LogP contribution in [0.2, 0.25) is 0 Å². The Kier molecular flexibility index (Phi) is 5.02. The van der Waals surface area contributed by atoms with Gasteiger partial charge in [0.05, 0.1) is 18.7 Å². The number of Topliss-reactive ketones (excluding diaryl/α,β-unsaturated/α-hetero) is 1. The summed E-state index contributed by atoms with van der Waals surface area (Å²) in [5.74, 6) is -0.718. The average Bonchev–Trinajstić information content (AvgIpc) is 2.91. The number of hydrogen-bond donors (Lipinski definition) is 1. The van der Waals surface area contributed by atoms with Crippen molar-refractivity contribution in [2.75, 3.05) is 12.0 Å². The third-order valence-corrected chi connectivity index (χ3v) is 4.82. The van der Waals surface area contributed by atoms with E-state index in [-0.39, 0.29) is 11.4 Å². The third kappa shape index (κ3) is 3.40. The molecule has 28 heavy (non-hydrogen) atoms. The predicted octanol–water partition coefficient (Wildman–Crippen LogP) is 4.52. The monoisotopic (exact) mass is 379 g/mol. The molecule has 2 aromatic carbocycles. The van der Waals surface area contributed by atoms with Crippen LogP contribution in [0.4, 0.5) is 5.69 Å². The Morgan fingerprint density at radius 1 is 1.11 bits per heavy atom. The molecule has 1 aliphatic heterocycles. The Labute approximate surface area is 165 Å². The Morgan fingerprint density at radius 2 is 1.79 bits per heavy atom. The molecule has 0 fully saturated rings. The maximum absolute atomic E-state index is 13.2. The first kappa shape index (κ1) is 19.7. The standard InChI is InChI=1S/C23H25NO4/c1-14-8-6-10-16(12-14)24-19(15-9-7-11-17(13-15)28-5)18(20(25)22(24)27)21(26)23(2,3)4/h6-13,19,25H,1-5H3. The highest BCUT2D eigenvalue weighted by atomic mass is 16.5. The number of amides is 1. The zero-order valence-corrected chi connectivity index (χ0v) is 16.8. The minimum Gasteiger partial charge on any atom is -0.503 e. The number of aryl methyl sites for hydroxylation is 1. The van der Waals surface area contributed by atoms with E-state index in [9.17, 15) is 14.7 Å². The van der Waals surface area contributed by atoms with Crippen molar-refractivity contribution in [2.24, 2.45) is 5.41 Å². The number of carbonyl (C=O) groups excluding carboxylic acids is 2. The van der Waals surface area contributed by atoms with Crippen LogP contribution in [0.15, 0.2) is 59.9 Å². The largest absolute Gasteiger partial charge is 0.503 e. The molecule has 0 aliphatic carbocycles. The first-order chi connectivity index (χ1) is 13.1. The van der Waals surface area contributed by atoms with Crippen LogP contribution >= 0.6 is 0 Å². The maximum atomic E-state index is 13.2. The zero-order chi connectivity index (χ0) is 20.6. The summed E-state index contributed by atoms with van der Waals surface area (Å²) in [6.45, 7) is 7.26. The third-order valence-electron chi connectivity index (χ3n) is 4.82. The van der Waals surface area contributed by atoms with Gasteiger partial charge in [-0.05, 0) is 42.3 Å². The van der Waals surface area contributed by atoms with Crippen molar-refractivity contribution in [3.05, 3.63) is 71.0 Å². The lowest BCUT2D eigenvalue weighted by molar-refractivity contribution is -0.123. The van der Waals surface area contributed by atoms with E-state index < -0.39 is 23.1 Å². The fourth-order valence-corrected chi connectivity index (χ4v) is 3.41. The van der Waals surface area contributed by atoms with Gasteiger partial charge >= 0.3 is 0 Å². The smallest absolute Gasteiger partial charge is 0.294 e. The molecule has 0 aromatic heterocycles. The molecule has 1 amide bonds. The number of benzene rings is 2. The van der Waals surface area contributed by atoms with Gasteiger partial charge in [-0.2, -0.15) is 0 Å². The summed E-state index contributed by atoms with van der Waals surface area (Å²) < 4.78 is 5.32. The molecule has 1 aliphatic rings. The zero-order valence-electron chi connectivity index (χ0n) is 16.8. The quantitative estimate of drug-likeness (QED) is 0.848. The molecule has 2 aromatic rings. The Bertz CT molecular complexity index is 969. The topological polar surface area (TPSA) is 66.8 Å². The number of aliphatic hydroxyl groups is 1. The van der Waals surface area contributed by atoms with E-state index in [1.807, 2.05) is 37.3 Å². The SMILES string of the molecule is COc1cccc(C2C(C(=O)C(C)(C)C)=C(O)C(=O)N2c2cccc(C)c2)c1. The predicted molar refractivity (Wildman–Crippen MR) is 109 cm³/mol. The highest BCUT2D eigenvalue weighted by Gasteiger charge is 2.46. The number of methoxy groups -OCH3 is 1. The van der Waals surface area contributed by atoms with Gasteiger partial charge in [0.2, 0.25) is 0 Å². The molecule has 0 saturated carbocycles. The van der Waals surface area contributed by atoms with Crippen LogP contribution < -0.4 is 9.64 Å². The molecule has 146 valence electrons. The fraction of sp³-hybridized carbons (Fsp3) is 0.304. The van der Waals surface area contributed by atoms with Crippen molar-refractivity contribution in [3.63, 3.8) is 0 Å². The van der Waals surface area contributed by atoms with Gasteiger partial charge in [-0.25, -0.2) is 0 Å². The molecule has 0 spiro atoms. The molecule has 0 bridgehead atoms. The van der Waals surface area contributed by atoms with E-state index in [4.69, 9.17) is 4.74 Å². The normalized spacial score (nSPS) is 17.2. The van der Waals surface area contributed by atoms with Gasteiger partial charge in [0.15, 0.2) is 11.5 Å². The van der Waals surface area contributed by atoms with Crippen molar-refractivity contribution < 1.29 is 19.4 Å². The summed E-state index contributed by atoms with van der Waals surface area (Å²) in [4.78, 5) is 27.7. The molecular weight excluding hydrogens is 354 g/mol. The summed E-state index contributed by atoms with van der Waals surface area (Å²) >= 11 is 0. The van der Waals surface area contributed by atoms with Crippen molar-refractivity contribution >= 4 is 17.4 Å². The number of rotatable bonds is 4. The molecular formula is C23H25NO4. The van der Waals surface area contributed by atoms with Gasteiger partial charge in [0.25, 0.3) is 5.91 Å². The second-order valence-electron chi connectivity index (χ2n) is 8.03. The molecule has 0 saturated heterocycles. The highest BCUT2D eigenvalue weighted by molar-refractivity contribution is 6.17. The molecule has 3 rings (SSSR count). The first-order valence-corrected chi connectivity index (χ1v) is 9.17. The highest BCUT2D eigenvalue weighted by Crippen LogP contribution is 2.44. The van der Waals surface area contributed by atoms with E-state index in [2.05, 4.69) is 0 Å². The van der Waals surface area contributed by atoms with Gasteiger partial charge in [0, 0.05) is 11.1 Å². The average molecular weight is 379 g/mol. The lowest BCUT2D eigenvalue weighted by Crippen LogP contribution is -2.32. The minimum atomic E-state index is -0.747. The summed E-state index contributed by atoms with van der Waals surface area (Å²) in [6, 6.07) is 13.9. The van der Waals surface area contributed by atoms with E-state index in [0.29, 0.717) is 17.0 Å². The van der Waals surface area contributed by atoms with E-state index in [0.717, 1.165) is 5.56 Å². The molecule has 1 heterocycles. The molecule has 5 heteroatoms. The van der Waals surface area contributed by atoms with Crippen LogP contribution in [-0.2, 0) is 9.59 Å². The van der Waals surface area contributed by atoms with Crippen molar-refractivity contribution in [1.29, 1.82) is 0 Å². The molecule has 5 nitrogen and oxygen atoms in total. The van der Waals surface area contributed by atoms with Gasteiger partial charge < -0.3 is 9.84 Å². The van der Waals surface area contributed by atoms with Crippen LogP contribution in [0, 0.1) is 12.3 Å². The van der Waals surface area contributed by atoms with E-state index in [1.165, 1.54) is 4.90 Å². The lowest BCUT2D eigenvalue weighted by Gasteiger charge is -2.29. The second kappa shape index (κ2) is 7.15. The number of carbonyl (C=O) groups is 2. The van der Waals surface area contributed by atoms with Crippen LogP contribution in [0.1, 0.15) is 37.9 Å². The number of anilines is 1. The first-order valence-electron chi connectivity index (χ1n) is 9.17. The molecule has 0 radical (unpaired) electrons. The number of ether oxygens (including phenoxy) is 1. The molecule has 1 unspecified atom stereocenters. The van der Waals surface area contributed by atoms with Crippen molar-refractivity contribution in [1.82, 2.24) is 0 Å². The lowest BCUT2D eigenvalue weighted by atomic mass is 9.82.